The summed E-state index contributed by atoms with van der Waals surface area (Å²) in [7, 11) is 1.76. The maximum absolute atomic E-state index is 5.02. The largest absolute Gasteiger partial charge is 0.383 e. The molecule has 11 heavy (non-hydrogen) atoms. The molecule has 0 aromatic heterocycles. The molecule has 1 aliphatic heterocycles. The standard InChI is InChI=1S/C9H18NO/c1-9-4-3-5-10(8-9)6-7-11-2/h9H,1,3-8H2,2H3. The molecule has 0 aliphatic carbocycles. The Morgan fingerprint density at radius 2 is 2.45 bits per heavy atom. The minimum atomic E-state index is 0.639. The van der Waals surface area contributed by atoms with Crippen molar-refractivity contribution in [2.75, 3.05) is 33.4 Å². The van der Waals surface area contributed by atoms with E-state index in [1.54, 1.807) is 7.11 Å². The van der Waals surface area contributed by atoms with Crippen LogP contribution in [0.15, 0.2) is 0 Å². The summed E-state index contributed by atoms with van der Waals surface area (Å²) in [5, 5.41) is 0. The molecule has 0 N–H and O–H groups in total. The Hall–Kier alpha value is -0.0800. The lowest BCUT2D eigenvalue weighted by Gasteiger charge is -2.30. The molecule has 1 radical (unpaired) electrons. The van der Waals surface area contributed by atoms with Crippen molar-refractivity contribution in [3.05, 3.63) is 6.92 Å². The van der Waals surface area contributed by atoms with Crippen LogP contribution in [-0.2, 0) is 4.74 Å². The van der Waals surface area contributed by atoms with Crippen molar-refractivity contribution in [2.45, 2.75) is 12.8 Å². The van der Waals surface area contributed by atoms with Gasteiger partial charge in [-0.15, -0.1) is 0 Å². The molecule has 1 saturated heterocycles. The third kappa shape index (κ3) is 3.21. The van der Waals surface area contributed by atoms with Crippen molar-refractivity contribution in [1.29, 1.82) is 0 Å². The van der Waals surface area contributed by atoms with Gasteiger partial charge in [0.05, 0.1) is 6.61 Å². The van der Waals surface area contributed by atoms with Crippen molar-refractivity contribution in [3.8, 4) is 0 Å². The second kappa shape index (κ2) is 4.73. The molecule has 0 saturated carbocycles. The van der Waals surface area contributed by atoms with Crippen LogP contribution in [0.25, 0.3) is 0 Å². The molecule has 65 valence electrons. The monoisotopic (exact) mass is 156 g/mol. The van der Waals surface area contributed by atoms with Gasteiger partial charge >= 0.3 is 0 Å². The molecule has 0 aromatic carbocycles. The first-order valence-corrected chi connectivity index (χ1v) is 4.37. The Labute approximate surface area is 69.5 Å². The van der Waals surface area contributed by atoms with E-state index in [4.69, 9.17) is 4.74 Å². The quantitative estimate of drug-likeness (QED) is 0.608. The summed E-state index contributed by atoms with van der Waals surface area (Å²) in [5.41, 5.74) is 0. The third-order valence-electron chi connectivity index (χ3n) is 2.21. The number of likely N-dealkylation sites (tertiary alicyclic amines) is 1. The Morgan fingerprint density at radius 1 is 1.64 bits per heavy atom. The number of piperidine rings is 1. The lowest BCUT2D eigenvalue weighted by molar-refractivity contribution is 0.123. The number of methoxy groups -OCH3 is 1. The van der Waals surface area contributed by atoms with Crippen LogP contribution in [0.4, 0.5) is 0 Å². The smallest absolute Gasteiger partial charge is 0.0589 e. The minimum absolute atomic E-state index is 0.639. The van der Waals surface area contributed by atoms with Crippen LogP contribution in [0, 0.1) is 12.8 Å². The average Bonchev–Trinajstić information content (AvgIpc) is 2.01. The molecule has 1 heterocycles. The van der Waals surface area contributed by atoms with Crippen LogP contribution in [-0.4, -0.2) is 38.3 Å². The van der Waals surface area contributed by atoms with Gasteiger partial charge in [-0.1, -0.05) is 0 Å². The van der Waals surface area contributed by atoms with Gasteiger partial charge in [0.15, 0.2) is 0 Å². The summed E-state index contributed by atoms with van der Waals surface area (Å²) >= 11 is 0. The maximum atomic E-state index is 5.02. The van der Waals surface area contributed by atoms with Crippen LogP contribution < -0.4 is 0 Å². The molecule has 1 fully saturated rings. The fourth-order valence-electron chi connectivity index (χ4n) is 1.57. The molecule has 2 heteroatoms. The highest BCUT2D eigenvalue weighted by atomic mass is 16.5. The van der Waals surface area contributed by atoms with E-state index in [0.717, 1.165) is 19.7 Å². The van der Waals surface area contributed by atoms with E-state index in [2.05, 4.69) is 11.8 Å². The number of hydrogen-bond donors (Lipinski definition) is 0. The van der Waals surface area contributed by atoms with E-state index in [1.807, 2.05) is 0 Å². The Balaban J connectivity index is 2.12. The summed E-state index contributed by atoms with van der Waals surface area (Å²) in [5.74, 6) is 0.639. The highest BCUT2D eigenvalue weighted by Crippen LogP contribution is 2.14. The van der Waals surface area contributed by atoms with E-state index in [9.17, 15) is 0 Å². The Kier molecular flexibility index (Phi) is 3.87. The molecule has 1 rings (SSSR count). The van der Waals surface area contributed by atoms with Gasteiger partial charge in [-0.3, -0.25) is 0 Å². The fourth-order valence-corrected chi connectivity index (χ4v) is 1.57. The third-order valence-corrected chi connectivity index (χ3v) is 2.21. The van der Waals surface area contributed by atoms with Crippen molar-refractivity contribution in [1.82, 2.24) is 4.90 Å². The van der Waals surface area contributed by atoms with Gasteiger partial charge in [-0.2, -0.15) is 0 Å². The Morgan fingerprint density at radius 3 is 3.09 bits per heavy atom. The van der Waals surface area contributed by atoms with Gasteiger partial charge in [-0.05, 0) is 32.2 Å². The highest BCUT2D eigenvalue weighted by molar-refractivity contribution is 4.73. The maximum Gasteiger partial charge on any atom is 0.0589 e. The molecule has 0 bridgehead atoms. The van der Waals surface area contributed by atoms with Crippen molar-refractivity contribution < 1.29 is 4.74 Å². The number of hydrogen-bond acceptors (Lipinski definition) is 2. The van der Waals surface area contributed by atoms with Gasteiger partial charge in [-0.25, -0.2) is 0 Å². The molecule has 0 amide bonds. The van der Waals surface area contributed by atoms with Crippen molar-refractivity contribution in [3.63, 3.8) is 0 Å². The van der Waals surface area contributed by atoms with Gasteiger partial charge in [0, 0.05) is 20.2 Å². The van der Waals surface area contributed by atoms with Crippen LogP contribution in [0.3, 0.4) is 0 Å². The summed E-state index contributed by atoms with van der Waals surface area (Å²) in [4.78, 5) is 2.44. The van der Waals surface area contributed by atoms with Gasteiger partial charge in [0.1, 0.15) is 0 Å². The zero-order valence-electron chi connectivity index (χ0n) is 7.38. The average molecular weight is 156 g/mol. The van der Waals surface area contributed by atoms with E-state index in [1.165, 1.54) is 19.4 Å². The molecule has 1 unspecified atom stereocenters. The zero-order valence-corrected chi connectivity index (χ0v) is 7.38. The fraction of sp³-hybridized carbons (Fsp3) is 0.889. The number of ether oxygens (including phenoxy) is 1. The lowest BCUT2D eigenvalue weighted by atomic mass is 10.0. The summed E-state index contributed by atoms with van der Waals surface area (Å²) in [6.07, 6.45) is 2.60. The zero-order chi connectivity index (χ0) is 8.10. The predicted octanol–water partition coefficient (Wildman–Crippen LogP) is 1.18. The van der Waals surface area contributed by atoms with Crippen LogP contribution in [0.1, 0.15) is 12.8 Å². The first-order valence-electron chi connectivity index (χ1n) is 4.37. The van der Waals surface area contributed by atoms with Gasteiger partial charge in [0.2, 0.25) is 0 Å². The lowest BCUT2D eigenvalue weighted by Crippen LogP contribution is -2.36. The van der Waals surface area contributed by atoms with E-state index in [0.29, 0.717) is 5.92 Å². The van der Waals surface area contributed by atoms with Crippen LogP contribution >= 0.6 is 0 Å². The summed E-state index contributed by atoms with van der Waals surface area (Å²) in [6.45, 7) is 8.39. The van der Waals surface area contributed by atoms with Crippen LogP contribution in [0.2, 0.25) is 0 Å². The van der Waals surface area contributed by atoms with E-state index in [-0.39, 0.29) is 0 Å². The van der Waals surface area contributed by atoms with E-state index >= 15 is 0 Å². The summed E-state index contributed by atoms with van der Waals surface area (Å²) in [6, 6.07) is 0. The number of nitrogens with zero attached hydrogens (tertiary/aromatic N) is 1. The van der Waals surface area contributed by atoms with E-state index < -0.39 is 0 Å². The SMILES string of the molecule is [CH2]C1CCCN(CCOC)C1. The van der Waals surface area contributed by atoms with Crippen molar-refractivity contribution in [2.24, 2.45) is 5.92 Å². The Bertz CT molecular complexity index is 106. The highest BCUT2D eigenvalue weighted by Gasteiger charge is 2.14. The van der Waals surface area contributed by atoms with Crippen LogP contribution in [0.5, 0.6) is 0 Å². The first-order chi connectivity index (χ1) is 5.33. The summed E-state index contributed by atoms with van der Waals surface area (Å²) < 4.78 is 5.02. The normalized spacial score (nSPS) is 27.3. The molecular weight excluding hydrogens is 138 g/mol. The topological polar surface area (TPSA) is 12.5 Å². The second-order valence-electron chi connectivity index (χ2n) is 3.30. The van der Waals surface area contributed by atoms with Gasteiger partial charge in [0.25, 0.3) is 0 Å². The molecule has 0 aromatic rings. The van der Waals surface area contributed by atoms with Gasteiger partial charge < -0.3 is 9.64 Å². The molecular formula is C9H18NO. The number of rotatable bonds is 3. The predicted molar refractivity (Wildman–Crippen MR) is 46.4 cm³/mol. The molecule has 0 spiro atoms. The molecule has 1 aliphatic rings. The second-order valence-corrected chi connectivity index (χ2v) is 3.30. The van der Waals surface area contributed by atoms with Crippen molar-refractivity contribution >= 4 is 0 Å². The molecule has 2 nitrogen and oxygen atoms in total. The minimum Gasteiger partial charge on any atom is -0.383 e. The molecule has 1 atom stereocenters. The first kappa shape index (κ1) is 9.01.